The van der Waals surface area contributed by atoms with Gasteiger partial charge < -0.3 is 10.6 Å². The molecule has 8 heteroatoms. The van der Waals surface area contributed by atoms with Gasteiger partial charge in [0, 0.05) is 29.4 Å². The summed E-state index contributed by atoms with van der Waals surface area (Å²) >= 11 is 1.77. The molecule has 1 aliphatic rings. The SMILES string of the molecule is CCNC(=NCc1ccc(S(=O)(=O)N2CCCCC2)cc1)NCc1ccc(C)s1. The monoisotopic (exact) mass is 434 g/mol. The molecule has 6 nitrogen and oxygen atoms in total. The standard InChI is InChI=1S/C21H30N4O2S2/c1-3-22-21(24-16-19-10-7-17(2)28-19)23-15-18-8-11-20(12-9-18)29(26,27)25-13-5-4-6-14-25/h7-12H,3-6,13-16H2,1-2H3,(H2,22,23,24). The van der Waals surface area contributed by atoms with Gasteiger partial charge in [0.1, 0.15) is 0 Å². The van der Waals surface area contributed by atoms with E-state index in [0.29, 0.717) is 24.5 Å². The quantitative estimate of drug-likeness (QED) is 0.517. The van der Waals surface area contributed by atoms with E-state index < -0.39 is 10.0 Å². The molecule has 2 heterocycles. The molecule has 1 aromatic carbocycles. The highest BCUT2D eigenvalue weighted by Gasteiger charge is 2.25. The van der Waals surface area contributed by atoms with Gasteiger partial charge in [-0.1, -0.05) is 18.6 Å². The molecule has 0 aliphatic carbocycles. The molecule has 1 aliphatic heterocycles. The van der Waals surface area contributed by atoms with Crippen molar-refractivity contribution in [2.24, 2.45) is 4.99 Å². The van der Waals surface area contributed by atoms with Crippen LogP contribution in [0.5, 0.6) is 0 Å². The van der Waals surface area contributed by atoms with E-state index in [0.717, 1.165) is 43.9 Å². The van der Waals surface area contributed by atoms with Gasteiger partial charge in [-0.25, -0.2) is 13.4 Å². The number of hydrogen-bond acceptors (Lipinski definition) is 4. The average molecular weight is 435 g/mol. The molecule has 1 fully saturated rings. The van der Waals surface area contributed by atoms with Crippen molar-refractivity contribution < 1.29 is 8.42 Å². The van der Waals surface area contributed by atoms with E-state index in [9.17, 15) is 8.42 Å². The highest BCUT2D eigenvalue weighted by molar-refractivity contribution is 7.89. The Bertz CT molecular complexity index is 914. The molecule has 0 amide bonds. The van der Waals surface area contributed by atoms with Crippen molar-refractivity contribution >= 4 is 27.3 Å². The third kappa shape index (κ3) is 6.04. The summed E-state index contributed by atoms with van der Waals surface area (Å²) in [5.74, 6) is 0.753. The largest absolute Gasteiger partial charge is 0.357 e. The zero-order valence-electron chi connectivity index (χ0n) is 17.1. The molecule has 2 aromatic rings. The maximum Gasteiger partial charge on any atom is 0.243 e. The van der Waals surface area contributed by atoms with Crippen LogP contribution in [0.25, 0.3) is 0 Å². The first-order valence-electron chi connectivity index (χ1n) is 10.2. The predicted molar refractivity (Wildman–Crippen MR) is 120 cm³/mol. The van der Waals surface area contributed by atoms with Gasteiger partial charge in [0.2, 0.25) is 10.0 Å². The van der Waals surface area contributed by atoms with Crippen LogP contribution in [0.2, 0.25) is 0 Å². The number of nitrogens with one attached hydrogen (secondary N) is 2. The normalized spacial score (nSPS) is 16.0. The van der Waals surface area contributed by atoms with E-state index in [4.69, 9.17) is 0 Å². The maximum absolute atomic E-state index is 12.8. The van der Waals surface area contributed by atoms with E-state index >= 15 is 0 Å². The van der Waals surface area contributed by atoms with Gasteiger partial charge in [0.15, 0.2) is 5.96 Å². The maximum atomic E-state index is 12.8. The number of aliphatic imine (C=N–C) groups is 1. The second kappa shape index (κ2) is 10.2. The average Bonchev–Trinajstić information content (AvgIpc) is 3.16. The number of aryl methyl sites for hydroxylation is 1. The van der Waals surface area contributed by atoms with Crippen molar-refractivity contribution in [3.8, 4) is 0 Å². The van der Waals surface area contributed by atoms with E-state index in [-0.39, 0.29) is 0 Å². The molecule has 0 saturated carbocycles. The highest BCUT2D eigenvalue weighted by atomic mass is 32.2. The number of hydrogen-bond donors (Lipinski definition) is 2. The van der Waals surface area contributed by atoms with Gasteiger partial charge in [0.05, 0.1) is 18.0 Å². The lowest BCUT2D eigenvalue weighted by molar-refractivity contribution is 0.346. The van der Waals surface area contributed by atoms with Crippen molar-refractivity contribution in [1.82, 2.24) is 14.9 Å². The van der Waals surface area contributed by atoms with E-state index in [1.165, 1.54) is 9.75 Å². The van der Waals surface area contributed by atoms with Crippen LogP contribution < -0.4 is 10.6 Å². The molecular weight excluding hydrogens is 404 g/mol. The first-order valence-corrected chi connectivity index (χ1v) is 12.4. The van der Waals surface area contributed by atoms with Crippen LogP contribution in [0.3, 0.4) is 0 Å². The Labute approximate surface area is 178 Å². The van der Waals surface area contributed by atoms with Gasteiger partial charge in [0.25, 0.3) is 0 Å². The van der Waals surface area contributed by atoms with Crippen LogP contribution in [0, 0.1) is 6.92 Å². The Kier molecular flexibility index (Phi) is 7.69. The van der Waals surface area contributed by atoms with Crippen molar-refractivity contribution in [3.63, 3.8) is 0 Å². The van der Waals surface area contributed by atoms with Crippen LogP contribution in [0.15, 0.2) is 46.3 Å². The minimum atomic E-state index is -3.38. The van der Waals surface area contributed by atoms with Crippen molar-refractivity contribution in [2.45, 2.75) is 51.1 Å². The molecular formula is C21H30N4O2S2. The van der Waals surface area contributed by atoms with E-state index in [1.54, 1.807) is 27.8 Å². The van der Waals surface area contributed by atoms with Gasteiger partial charge in [-0.3, -0.25) is 0 Å². The second-order valence-corrected chi connectivity index (χ2v) is 10.5. The summed E-state index contributed by atoms with van der Waals surface area (Å²) in [6.07, 6.45) is 2.99. The van der Waals surface area contributed by atoms with E-state index in [2.05, 4.69) is 34.7 Å². The molecule has 0 spiro atoms. The fourth-order valence-electron chi connectivity index (χ4n) is 3.28. The van der Waals surface area contributed by atoms with Crippen molar-refractivity contribution in [2.75, 3.05) is 19.6 Å². The highest BCUT2D eigenvalue weighted by Crippen LogP contribution is 2.21. The van der Waals surface area contributed by atoms with Crippen LogP contribution in [0.1, 0.15) is 41.5 Å². The number of thiophene rings is 1. The first kappa shape index (κ1) is 21.8. The van der Waals surface area contributed by atoms with Gasteiger partial charge >= 0.3 is 0 Å². The number of guanidine groups is 1. The number of rotatable bonds is 7. The molecule has 3 rings (SSSR count). The zero-order valence-corrected chi connectivity index (χ0v) is 18.8. The van der Waals surface area contributed by atoms with Gasteiger partial charge in [-0.2, -0.15) is 4.31 Å². The Morgan fingerprint density at radius 1 is 1.07 bits per heavy atom. The van der Waals surface area contributed by atoms with Crippen LogP contribution in [-0.2, 0) is 23.1 Å². The van der Waals surface area contributed by atoms with E-state index in [1.807, 2.05) is 19.1 Å². The Morgan fingerprint density at radius 3 is 2.41 bits per heavy atom. The summed E-state index contributed by atoms with van der Waals surface area (Å²) in [5.41, 5.74) is 0.978. The summed E-state index contributed by atoms with van der Waals surface area (Å²) in [7, 11) is -3.38. The summed E-state index contributed by atoms with van der Waals surface area (Å²) < 4.78 is 27.1. The Hall–Kier alpha value is -1.90. The summed E-state index contributed by atoms with van der Waals surface area (Å²) in [6, 6.07) is 11.3. The Balaban J connectivity index is 1.62. The minimum absolute atomic E-state index is 0.366. The third-order valence-corrected chi connectivity index (χ3v) is 7.78. The lowest BCUT2D eigenvalue weighted by Gasteiger charge is -2.25. The second-order valence-electron chi connectivity index (χ2n) is 7.17. The fraction of sp³-hybridized carbons (Fsp3) is 0.476. The van der Waals surface area contributed by atoms with Gasteiger partial charge in [-0.05, 0) is 56.5 Å². The number of benzene rings is 1. The minimum Gasteiger partial charge on any atom is -0.357 e. The summed E-state index contributed by atoms with van der Waals surface area (Å²) in [5, 5.41) is 6.60. The third-order valence-electron chi connectivity index (χ3n) is 4.87. The number of sulfonamides is 1. The zero-order chi connectivity index (χ0) is 20.7. The van der Waals surface area contributed by atoms with Crippen LogP contribution in [0.4, 0.5) is 0 Å². The van der Waals surface area contributed by atoms with Crippen molar-refractivity contribution in [1.29, 1.82) is 0 Å². The lowest BCUT2D eigenvalue weighted by atomic mass is 10.2. The first-order chi connectivity index (χ1) is 14.0. The molecule has 0 atom stereocenters. The fourth-order valence-corrected chi connectivity index (χ4v) is 5.63. The Morgan fingerprint density at radius 2 is 1.79 bits per heavy atom. The summed E-state index contributed by atoms with van der Waals surface area (Å²) in [4.78, 5) is 7.55. The van der Waals surface area contributed by atoms with Gasteiger partial charge in [-0.15, -0.1) is 11.3 Å². The molecule has 1 saturated heterocycles. The molecule has 0 bridgehead atoms. The van der Waals surface area contributed by atoms with Crippen molar-refractivity contribution in [3.05, 3.63) is 51.7 Å². The number of nitrogens with zero attached hydrogens (tertiary/aromatic N) is 2. The molecule has 29 heavy (non-hydrogen) atoms. The molecule has 0 radical (unpaired) electrons. The molecule has 2 N–H and O–H groups in total. The molecule has 0 unspecified atom stereocenters. The predicted octanol–water partition coefficient (Wildman–Crippen LogP) is 3.49. The van der Waals surface area contributed by atoms with Crippen LogP contribution >= 0.6 is 11.3 Å². The topological polar surface area (TPSA) is 73.8 Å². The number of piperidine rings is 1. The van der Waals surface area contributed by atoms with Crippen LogP contribution in [-0.4, -0.2) is 38.3 Å². The lowest BCUT2D eigenvalue weighted by Crippen LogP contribution is -2.36. The summed E-state index contributed by atoms with van der Waals surface area (Å²) in [6.45, 7) is 7.38. The molecule has 1 aromatic heterocycles. The molecule has 158 valence electrons. The smallest absolute Gasteiger partial charge is 0.243 e.